The van der Waals surface area contributed by atoms with Gasteiger partial charge >= 0.3 is 0 Å². The van der Waals surface area contributed by atoms with Gasteiger partial charge in [-0.3, -0.25) is 9.10 Å². The zero-order valence-electron chi connectivity index (χ0n) is 17.8. The first-order valence-electron chi connectivity index (χ1n) is 9.62. The van der Waals surface area contributed by atoms with Gasteiger partial charge in [0.05, 0.1) is 24.8 Å². The molecular formula is C23H23ClN2O5S. The summed E-state index contributed by atoms with van der Waals surface area (Å²) in [5.74, 6) is 0.246. The molecule has 0 fully saturated rings. The van der Waals surface area contributed by atoms with Gasteiger partial charge in [0, 0.05) is 16.8 Å². The van der Waals surface area contributed by atoms with E-state index in [9.17, 15) is 13.2 Å². The predicted molar refractivity (Wildman–Crippen MR) is 125 cm³/mol. The maximum Gasteiger partial charge on any atom is 0.264 e. The summed E-state index contributed by atoms with van der Waals surface area (Å²) in [6, 6.07) is 17.6. The third-order valence-corrected chi connectivity index (χ3v) is 6.92. The van der Waals surface area contributed by atoms with Gasteiger partial charge in [0.1, 0.15) is 6.54 Å². The van der Waals surface area contributed by atoms with Gasteiger partial charge in [-0.25, -0.2) is 8.42 Å². The molecule has 3 aromatic rings. The average molecular weight is 475 g/mol. The van der Waals surface area contributed by atoms with Crippen molar-refractivity contribution < 1.29 is 22.7 Å². The van der Waals surface area contributed by atoms with Crippen LogP contribution in [-0.4, -0.2) is 35.1 Å². The number of carbonyl (C=O) groups is 1. The summed E-state index contributed by atoms with van der Waals surface area (Å²) in [5, 5.41) is 3.20. The molecule has 0 aromatic heterocycles. The molecule has 0 aliphatic heterocycles. The number of ether oxygens (including phenoxy) is 2. The van der Waals surface area contributed by atoms with Gasteiger partial charge in [0.2, 0.25) is 5.91 Å². The van der Waals surface area contributed by atoms with Crippen LogP contribution in [0.25, 0.3) is 0 Å². The first-order valence-corrected chi connectivity index (χ1v) is 11.4. The average Bonchev–Trinajstić information content (AvgIpc) is 2.80. The van der Waals surface area contributed by atoms with Gasteiger partial charge in [-0.15, -0.1) is 0 Å². The van der Waals surface area contributed by atoms with Crippen molar-refractivity contribution in [2.75, 3.05) is 30.4 Å². The topological polar surface area (TPSA) is 84.9 Å². The minimum atomic E-state index is -4.05. The second-order valence-corrected chi connectivity index (χ2v) is 9.15. The number of methoxy groups -OCH3 is 2. The molecule has 0 unspecified atom stereocenters. The smallest absolute Gasteiger partial charge is 0.264 e. The molecule has 1 N–H and O–H groups in total. The van der Waals surface area contributed by atoms with Crippen molar-refractivity contribution >= 4 is 38.9 Å². The second-order valence-electron chi connectivity index (χ2n) is 6.88. The molecule has 0 spiro atoms. The summed E-state index contributed by atoms with van der Waals surface area (Å²) in [7, 11) is -1.12. The molecule has 0 aliphatic rings. The quantitative estimate of drug-likeness (QED) is 0.519. The molecule has 0 heterocycles. The summed E-state index contributed by atoms with van der Waals surface area (Å²) < 4.78 is 38.4. The van der Waals surface area contributed by atoms with E-state index < -0.39 is 22.5 Å². The number of hydrogen-bond acceptors (Lipinski definition) is 5. The molecule has 0 radical (unpaired) electrons. The van der Waals surface area contributed by atoms with Crippen molar-refractivity contribution in [3.8, 4) is 11.5 Å². The molecule has 168 valence electrons. The fourth-order valence-electron chi connectivity index (χ4n) is 3.02. The molecule has 0 saturated carbocycles. The van der Waals surface area contributed by atoms with Crippen LogP contribution in [0.1, 0.15) is 5.56 Å². The highest BCUT2D eigenvalue weighted by Crippen LogP contribution is 2.33. The van der Waals surface area contributed by atoms with Crippen molar-refractivity contribution in [1.82, 2.24) is 0 Å². The number of benzene rings is 3. The standard InChI is InChI=1S/C23H23ClN2O5S/c1-16-9-10-17(13-20(16)24)25-23(27)15-26(32(28,29)19-7-5-4-6-8-19)18-11-12-21(30-2)22(14-18)31-3/h4-14H,15H2,1-3H3,(H,25,27). The van der Waals surface area contributed by atoms with Crippen LogP contribution in [0.3, 0.4) is 0 Å². The molecule has 0 aliphatic carbocycles. The van der Waals surface area contributed by atoms with Gasteiger partial charge < -0.3 is 14.8 Å². The minimum absolute atomic E-state index is 0.0564. The summed E-state index contributed by atoms with van der Waals surface area (Å²) in [4.78, 5) is 12.9. The van der Waals surface area contributed by atoms with Crippen molar-refractivity contribution in [3.05, 3.63) is 77.3 Å². The van der Waals surface area contributed by atoms with Crippen molar-refractivity contribution in [2.24, 2.45) is 0 Å². The molecule has 7 nitrogen and oxygen atoms in total. The van der Waals surface area contributed by atoms with E-state index in [4.69, 9.17) is 21.1 Å². The Hall–Kier alpha value is -3.23. The number of rotatable bonds is 8. The molecule has 0 atom stereocenters. The number of sulfonamides is 1. The number of aryl methyl sites for hydroxylation is 1. The van der Waals surface area contributed by atoms with E-state index in [1.807, 2.05) is 6.92 Å². The Bertz CT molecular complexity index is 1220. The van der Waals surface area contributed by atoms with Gasteiger partial charge in [-0.2, -0.15) is 0 Å². The molecule has 9 heteroatoms. The summed E-state index contributed by atoms with van der Waals surface area (Å²) in [6.45, 7) is 1.39. The fraction of sp³-hybridized carbons (Fsp3) is 0.174. The first-order chi connectivity index (χ1) is 15.3. The van der Waals surface area contributed by atoms with E-state index in [1.54, 1.807) is 48.5 Å². The summed E-state index contributed by atoms with van der Waals surface area (Å²) in [5.41, 5.74) is 1.59. The largest absolute Gasteiger partial charge is 0.493 e. The fourth-order valence-corrected chi connectivity index (χ4v) is 4.63. The minimum Gasteiger partial charge on any atom is -0.493 e. The summed E-state index contributed by atoms with van der Waals surface area (Å²) in [6.07, 6.45) is 0. The molecule has 0 bridgehead atoms. The number of anilines is 2. The lowest BCUT2D eigenvalue weighted by Crippen LogP contribution is -2.38. The number of hydrogen-bond donors (Lipinski definition) is 1. The highest BCUT2D eigenvalue weighted by molar-refractivity contribution is 7.92. The Balaban J connectivity index is 1.99. The Morgan fingerprint density at radius 2 is 1.66 bits per heavy atom. The maximum atomic E-state index is 13.4. The third-order valence-electron chi connectivity index (χ3n) is 4.73. The zero-order valence-corrected chi connectivity index (χ0v) is 19.4. The lowest BCUT2D eigenvalue weighted by molar-refractivity contribution is -0.114. The highest BCUT2D eigenvalue weighted by Gasteiger charge is 2.28. The Morgan fingerprint density at radius 3 is 2.28 bits per heavy atom. The van der Waals surface area contributed by atoms with Crippen LogP contribution in [0.5, 0.6) is 11.5 Å². The summed E-state index contributed by atoms with van der Waals surface area (Å²) >= 11 is 6.13. The Morgan fingerprint density at radius 1 is 0.969 bits per heavy atom. The zero-order chi connectivity index (χ0) is 23.3. The highest BCUT2D eigenvalue weighted by atomic mass is 35.5. The molecule has 0 saturated heterocycles. The van der Waals surface area contributed by atoms with E-state index in [1.165, 1.54) is 32.4 Å². The van der Waals surface area contributed by atoms with Crippen LogP contribution in [-0.2, 0) is 14.8 Å². The number of halogens is 1. The van der Waals surface area contributed by atoms with E-state index in [0.29, 0.717) is 22.2 Å². The SMILES string of the molecule is COc1ccc(N(CC(=O)Nc2ccc(C)c(Cl)c2)S(=O)(=O)c2ccccc2)cc1OC. The Labute approximate surface area is 192 Å². The number of amides is 1. The van der Waals surface area contributed by atoms with Crippen LogP contribution in [0.2, 0.25) is 5.02 Å². The van der Waals surface area contributed by atoms with E-state index in [0.717, 1.165) is 9.87 Å². The van der Waals surface area contributed by atoms with Crippen molar-refractivity contribution in [3.63, 3.8) is 0 Å². The normalized spacial score (nSPS) is 11.0. The lowest BCUT2D eigenvalue weighted by Gasteiger charge is -2.25. The molecule has 32 heavy (non-hydrogen) atoms. The van der Waals surface area contributed by atoms with E-state index in [2.05, 4.69) is 5.32 Å². The number of nitrogens with one attached hydrogen (secondary N) is 1. The van der Waals surface area contributed by atoms with Crippen LogP contribution < -0.4 is 19.1 Å². The number of nitrogens with zero attached hydrogens (tertiary/aromatic N) is 1. The predicted octanol–water partition coefficient (Wildman–Crippen LogP) is 4.50. The van der Waals surface area contributed by atoms with Crippen LogP contribution in [0.4, 0.5) is 11.4 Å². The molecular weight excluding hydrogens is 452 g/mol. The van der Waals surface area contributed by atoms with Gasteiger partial charge in [0.15, 0.2) is 11.5 Å². The maximum absolute atomic E-state index is 13.4. The monoisotopic (exact) mass is 474 g/mol. The first kappa shape index (κ1) is 23.4. The molecule has 1 amide bonds. The lowest BCUT2D eigenvalue weighted by atomic mass is 10.2. The Kier molecular flexibility index (Phi) is 7.27. The van der Waals surface area contributed by atoms with Gasteiger partial charge in [0.25, 0.3) is 10.0 Å². The third kappa shape index (κ3) is 5.15. The van der Waals surface area contributed by atoms with Crippen molar-refractivity contribution in [1.29, 1.82) is 0 Å². The number of carbonyl (C=O) groups excluding carboxylic acids is 1. The van der Waals surface area contributed by atoms with Gasteiger partial charge in [-0.1, -0.05) is 35.9 Å². The van der Waals surface area contributed by atoms with E-state index in [-0.39, 0.29) is 10.6 Å². The van der Waals surface area contributed by atoms with Crippen molar-refractivity contribution in [2.45, 2.75) is 11.8 Å². The second kappa shape index (κ2) is 9.93. The van der Waals surface area contributed by atoms with E-state index >= 15 is 0 Å². The van der Waals surface area contributed by atoms with Crippen LogP contribution in [0, 0.1) is 6.92 Å². The van der Waals surface area contributed by atoms with Crippen LogP contribution in [0.15, 0.2) is 71.6 Å². The molecule has 3 rings (SSSR count). The molecule has 3 aromatic carbocycles. The van der Waals surface area contributed by atoms with Gasteiger partial charge in [-0.05, 0) is 48.9 Å². The van der Waals surface area contributed by atoms with Crippen LogP contribution >= 0.6 is 11.6 Å².